The molecule has 1 aliphatic carbocycles. The molecule has 0 bridgehead atoms. The summed E-state index contributed by atoms with van der Waals surface area (Å²) >= 11 is 5.51. The summed E-state index contributed by atoms with van der Waals surface area (Å²) < 4.78 is 0. The molecule has 0 aromatic carbocycles. The Labute approximate surface area is 88.6 Å². The highest BCUT2D eigenvalue weighted by Gasteiger charge is 2.25. The SMILES string of the molecule is CC(Cl)C(=O)NC(=O)N(C)CC1CC1. The molecule has 0 radical (unpaired) electrons. The molecule has 0 aliphatic heterocycles. The molecule has 1 saturated carbocycles. The van der Waals surface area contributed by atoms with Crippen LogP contribution in [0.1, 0.15) is 19.8 Å². The summed E-state index contributed by atoms with van der Waals surface area (Å²) in [7, 11) is 1.68. The van der Waals surface area contributed by atoms with E-state index in [0.717, 1.165) is 6.54 Å². The molecule has 1 N–H and O–H groups in total. The van der Waals surface area contributed by atoms with Gasteiger partial charge in [0.2, 0.25) is 5.91 Å². The van der Waals surface area contributed by atoms with E-state index in [4.69, 9.17) is 11.6 Å². The normalized spacial score (nSPS) is 17.4. The fourth-order valence-corrected chi connectivity index (χ4v) is 1.13. The minimum absolute atomic E-state index is 0.366. The lowest BCUT2D eigenvalue weighted by atomic mass is 10.4. The quantitative estimate of drug-likeness (QED) is 0.724. The van der Waals surface area contributed by atoms with Crippen LogP contribution in [0, 0.1) is 5.92 Å². The molecule has 0 spiro atoms. The highest BCUT2D eigenvalue weighted by molar-refractivity contribution is 6.31. The minimum atomic E-state index is -0.673. The van der Waals surface area contributed by atoms with E-state index >= 15 is 0 Å². The third kappa shape index (κ3) is 3.54. The van der Waals surface area contributed by atoms with Gasteiger partial charge in [-0.15, -0.1) is 11.6 Å². The molecule has 1 rings (SSSR count). The second-order valence-electron chi connectivity index (χ2n) is 3.73. The Morgan fingerprint density at radius 3 is 2.57 bits per heavy atom. The van der Waals surface area contributed by atoms with Crippen molar-refractivity contribution in [2.24, 2.45) is 5.92 Å². The molecule has 0 saturated heterocycles. The highest BCUT2D eigenvalue weighted by atomic mass is 35.5. The van der Waals surface area contributed by atoms with Crippen LogP contribution >= 0.6 is 11.6 Å². The van der Waals surface area contributed by atoms with E-state index in [-0.39, 0.29) is 6.03 Å². The lowest BCUT2D eigenvalue weighted by Crippen LogP contribution is -2.43. The monoisotopic (exact) mass is 218 g/mol. The molecule has 4 nitrogen and oxygen atoms in total. The molecule has 80 valence electrons. The van der Waals surface area contributed by atoms with Crippen LogP contribution in [0.5, 0.6) is 0 Å². The Morgan fingerprint density at radius 1 is 1.57 bits per heavy atom. The molecule has 1 fully saturated rings. The van der Waals surface area contributed by atoms with Crippen LogP contribution in [0.2, 0.25) is 0 Å². The molecule has 3 amide bonds. The predicted octanol–water partition coefficient (Wildman–Crippen LogP) is 1.19. The van der Waals surface area contributed by atoms with Crippen molar-refractivity contribution in [2.75, 3.05) is 13.6 Å². The highest BCUT2D eigenvalue weighted by Crippen LogP contribution is 2.29. The van der Waals surface area contributed by atoms with Crippen molar-refractivity contribution < 1.29 is 9.59 Å². The van der Waals surface area contributed by atoms with Gasteiger partial charge in [0.1, 0.15) is 5.38 Å². The van der Waals surface area contributed by atoms with Crippen LogP contribution in [0.4, 0.5) is 4.79 Å². The number of urea groups is 1. The second kappa shape index (κ2) is 4.64. The van der Waals surface area contributed by atoms with E-state index in [1.165, 1.54) is 24.7 Å². The minimum Gasteiger partial charge on any atom is -0.327 e. The van der Waals surface area contributed by atoms with E-state index < -0.39 is 11.3 Å². The first-order valence-electron chi connectivity index (χ1n) is 4.70. The molecule has 14 heavy (non-hydrogen) atoms. The largest absolute Gasteiger partial charge is 0.327 e. The number of nitrogens with one attached hydrogen (secondary N) is 1. The molecule has 1 aliphatic rings. The van der Waals surface area contributed by atoms with Gasteiger partial charge in [0.05, 0.1) is 0 Å². The van der Waals surface area contributed by atoms with Crippen LogP contribution in [0.15, 0.2) is 0 Å². The molecular weight excluding hydrogens is 204 g/mol. The van der Waals surface area contributed by atoms with Crippen LogP contribution in [-0.2, 0) is 4.79 Å². The smallest absolute Gasteiger partial charge is 0.323 e. The van der Waals surface area contributed by atoms with Crippen LogP contribution in [-0.4, -0.2) is 35.8 Å². The topological polar surface area (TPSA) is 49.4 Å². The van der Waals surface area contributed by atoms with Crippen molar-refractivity contribution in [2.45, 2.75) is 25.1 Å². The molecular formula is C9H15ClN2O2. The van der Waals surface area contributed by atoms with E-state index in [1.54, 1.807) is 7.05 Å². The van der Waals surface area contributed by atoms with Crippen molar-refractivity contribution in [1.82, 2.24) is 10.2 Å². The number of rotatable bonds is 3. The number of hydrogen-bond acceptors (Lipinski definition) is 2. The summed E-state index contributed by atoms with van der Waals surface area (Å²) in [6, 6.07) is -0.366. The van der Waals surface area contributed by atoms with Crippen molar-refractivity contribution in [3.8, 4) is 0 Å². The third-order valence-electron chi connectivity index (χ3n) is 2.17. The molecule has 5 heteroatoms. The number of amides is 3. The van der Waals surface area contributed by atoms with Crippen LogP contribution < -0.4 is 5.32 Å². The zero-order valence-corrected chi connectivity index (χ0v) is 9.17. The van der Waals surface area contributed by atoms with E-state index in [1.807, 2.05) is 0 Å². The fourth-order valence-electron chi connectivity index (χ4n) is 1.07. The summed E-state index contributed by atoms with van der Waals surface area (Å²) in [4.78, 5) is 23.9. The Bertz CT molecular complexity index is 239. The van der Waals surface area contributed by atoms with Gasteiger partial charge in [-0.3, -0.25) is 10.1 Å². The van der Waals surface area contributed by atoms with Crippen molar-refractivity contribution in [3.63, 3.8) is 0 Å². The summed E-state index contributed by atoms with van der Waals surface area (Å²) in [6.07, 6.45) is 2.36. The first-order chi connectivity index (χ1) is 6.50. The Balaban J connectivity index is 2.28. The lowest BCUT2D eigenvalue weighted by molar-refractivity contribution is -0.119. The molecule has 0 aromatic heterocycles. The van der Waals surface area contributed by atoms with Gasteiger partial charge in [-0.1, -0.05) is 0 Å². The molecule has 1 unspecified atom stereocenters. The van der Waals surface area contributed by atoms with Crippen molar-refractivity contribution in [1.29, 1.82) is 0 Å². The number of alkyl halides is 1. The van der Waals surface area contributed by atoms with Gasteiger partial charge in [-0.2, -0.15) is 0 Å². The van der Waals surface area contributed by atoms with E-state index in [9.17, 15) is 9.59 Å². The van der Waals surface area contributed by atoms with Gasteiger partial charge in [-0.05, 0) is 25.7 Å². The summed E-state index contributed by atoms with van der Waals surface area (Å²) in [5, 5.41) is 1.56. The Hall–Kier alpha value is -0.770. The number of carbonyl (C=O) groups excluding carboxylic acids is 2. The number of halogens is 1. The van der Waals surface area contributed by atoms with Crippen LogP contribution in [0.3, 0.4) is 0 Å². The zero-order valence-electron chi connectivity index (χ0n) is 8.42. The number of carbonyl (C=O) groups is 2. The summed E-state index contributed by atoms with van der Waals surface area (Å²) in [5.74, 6) is 0.175. The van der Waals surface area contributed by atoms with Gasteiger partial charge >= 0.3 is 6.03 Å². The van der Waals surface area contributed by atoms with Crippen molar-refractivity contribution in [3.05, 3.63) is 0 Å². The summed E-state index contributed by atoms with van der Waals surface area (Å²) in [5.41, 5.74) is 0. The first-order valence-corrected chi connectivity index (χ1v) is 5.14. The first kappa shape index (κ1) is 11.3. The van der Waals surface area contributed by atoms with Crippen LogP contribution in [0.25, 0.3) is 0 Å². The number of hydrogen-bond donors (Lipinski definition) is 1. The maximum absolute atomic E-state index is 11.4. The standard InChI is InChI=1S/C9H15ClN2O2/c1-6(10)8(13)11-9(14)12(2)5-7-3-4-7/h6-7H,3-5H2,1-2H3,(H,11,13,14). The number of nitrogens with zero attached hydrogens (tertiary/aromatic N) is 1. The maximum Gasteiger partial charge on any atom is 0.323 e. The maximum atomic E-state index is 11.4. The van der Waals surface area contributed by atoms with Gasteiger partial charge in [-0.25, -0.2) is 4.79 Å². The fraction of sp³-hybridized carbons (Fsp3) is 0.778. The average molecular weight is 219 g/mol. The zero-order chi connectivity index (χ0) is 10.7. The molecule has 0 heterocycles. The van der Waals surface area contributed by atoms with Gasteiger partial charge in [0.15, 0.2) is 0 Å². The van der Waals surface area contributed by atoms with E-state index in [0.29, 0.717) is 5.92 Å². The molecule has 1 atom stereocenters. The Morgan fingerprint density at radius 2 is 2.14 bits per heavy atom. The summed E-state index contributed by atoms with van der Waals surface area (Å²) in [6.45, 7) is 2.25. The van der Waals surface area contributed by atoms with Gasteiger partial charge in [0, 0.05) is 13.6 Å². The van der Waals surface area contributed by atoms with Crippen molar-refractivity contribution >= 4 is 23.5 Å². The Kier molecular flexibility index (Phi) is 3.75. The second-order valence-corrected chi connectivity index (χ2v) is 4.39. The lowest BCUT2D eigenvalue weighted by Gasteiger charge is -2.17. The third-order valence-corrected chi connectivity index (χ3v) is 2.37. The van der Waals surface area contributed by atoms with Gasteiger partial charge < -0.3 is 4.90 Å². The molecule has 0 aromatic rings. The number of imide groups is 1. The predicted molar refractivity (Wildman–Crippen MR) is 54.2 cm³/mol. The van der Waals surface area contributed by atoms with E-state index in [2.05, 4.69) is 5.32 Å². The average Bonchev–Trinajstić information content (AvgIpc) is 2.87. The van der Waals surface area contributed by atoms with Gasteiger partial charge in [0.25, 0.3) is 0 Å².